The molecule has 0 unspecified atom stereocenters. The highest BCUT2D eigenvalue weighted by Crippen LogP contribution is 2.21. The summed E-state index contributed by atoms with van der Waals surface area (Å²) in [6.45, 7) is 3.79. The van der Waals surface area contributed by atoms with Crippen molar-refractivity contribution in [3.63, 3.8) is 0 Å². The Balaban J connectivity index is 1.61. The molecule has 0 bridgehead atoms. The Morgan fingerprint density at radius 2 is 1.93 bits per heavy atom. The number of carbonyl (C=O) groups excluding carboxylic acids is 1. The summed E-state index contributed by atoms with van der Waals surface area (Å²) in [5.74, 6) is 0.699. The van der Waals surface area contributed by atoms with Gasteiger partial charge in [-0.15, -0.1) is 5.10 Å². The van der Waals surface area contributed by atoms with Crippen LogP contribution in [0.4, 0.5) is 0 Å². The van der Waals surface area contributed by atoms with Crippen molar-refractivity contribution < 1.29 is 9.53 Å². The van der Waals surface area contributed by atoms with Gasteiger partial charge in [-0.25, -0.2) is 9.48 Å². The number of hydrogen-bond acceptors (Lipinski definition) is 5. The molecule has 0 radical (unpaired) electrons. The maximum atomic E-state index is 12.5. The predicted octanol–water partition coefficient (Wildman–Crippen LogP) is 2.27. The third-order valence-electron chi connectivity index (χ3n) is 4.28. The smallest absolute Gasteiger partial charge is 0.346 e. The molecule has 1 N–H and O–H groups in total. The van der Waals surface area contributed by atoms with Crippen LogP contribution in [-0.4, -0.2) is 37.4 Å². The van der Waals surface area contributed by atoms with E-state index in [9.17, 15) is 9.59 Å². The Bertz CT molecular complexity index is 1040. The topological polar surface area (TPSA) is 91.0 Å². The molecule has 0 aliphatic heterocycles. The fourth-order valence-electron chi connectivity index (χ4n) is 2.68. The highest BCUT2D eigenvalue weighted by Gasteiger charge is 2.29. The Kier molecular flexibility index (Phi) is 6.03. The largest absolute Gasteiger partial charge is 0.478 e. The van der Waals surface area contributed by atoms with E-state index in [0.29, 0.717) is 22.3 Å². The summed E-state index contributed by atoms with van der Waals surface area (Å²) in [7, 11) is 1.64. The van der Waals surface area contributed by atoms with Crippen molar-refractivity contribution in [3.8, 4) is 17.3 Å². The predicted molar refractivity (Wildman–Crippen MR) is 110 cm³/mol. The van der Waals surface area contributed by atoms with Crippen molar-refractivity contribution in [2.75, 3.05) is 6.54 Å². The molecule has 0 fully saturated rings. The number of amides is 1. The summed E-state index contributed by atoms with van der Waals surface area (Å²) >= 11 is 5.86. The van der Waals surface area contributed by atoms with Gasteiger partial charge in [0.25, 0.3) is 5.91 Å². The van der Waals surface area contributed by atoms with Crippen LogP contribution < -0.4 is 15.7 Å². The molecule has 0 aliphatic rings. The number of carbonyl (C=O) groups is 1. The Labute approximate surface area is 173 Å². The van der Waals surface area contributed by atoms with Crippen molar-refractivity contribution >= 4 is 17.5 Å². The van der Waals surface area contributed by atoms with Gasteiger partial charge in [0, 0.05) is 24.8 Å². The van der Waals surface area contributed by atoms with Crippen LogP contribution in [-0.2, 0) is 18.4 Å². The first-order valence-electron chi connectivity index (χ1n) is 9.06. The fourth-order valence-corrected chi connectivity index (χ4v) is 2.81. The van der Waals surface area contributed by atoms with E-state index in [1.54, 1.807) is 63.5 Å². The molecule has 1 aromatic carbocycles. The van der Waals surface area contributed by atoms with Gasteiger partial charge in [-0.05, 0) is 50.2 Å². The van der Waals surface area contributed by atoms with Gasteiger partial charge in [0.2, 0.25) is 0 Å². The Hall–Kier alpha value is -3.13. The monoisotopic (exact) mass is 415 g/mol. The molecular weight excluding hydrogens is 394 g/mol. The number of pyridine rings is 1. The first kappa shape index (κ1) is 20.6. The van der Waals surface area contributed by atoms with Crippen LogP contribution in [0.3, 0.4) is 0 Å². The van der Waals surface area contributed by atoms with E-state index in [1.165, 1.54) is 9.25 Å². The van der Waals surface area contributed by atoms with Gasteiger partial charge in [-0.3, -0.25) is 14.3 Å². The van der Waals surface area contributed by atoms with Gasteiger partial charge in [0.15, 0.2) is 11.4 Å². The molecule has 0 atom stereocenters. The van der Waals surface area contributed by atoms with Crippen LogP contribution >= 0.6 is 11.6 Å². The lowest BCUT2D eigenvalue weighted by Crippen LogP contribution is -2.47. The molecule has 9 heteroatoms. The second-order valence-electron chi connectivity index (χ2n) is 6.93. The first-order valence-corrected chi connectivity index (χ1v) is 9.44. The number of ether oxygens (including phenoxy) is 1. The average Bonchev–Trinajstić information content (AvgIpc) is 2.99. The van der Waals surface area contributed by atoms with E-state index in [4.69, 9.17) is 16.3 Å². The zero-order valence-electron chi connectivity index (χ0n) is 16.4. The third-order valence-corrected chi connectivity index (χ3v) is 4.53. The van der Waals surface area contributed by atoms with Gasteiger partial charge in [-0.2, -0.15) is 0 Å². The molecule has 2 aromatic heterocycles. The summed E-state index contributed by atoms with van der Waals surface area (Å²) in [5.41, 5.74) is -0.772. The van der Waals surface area contributed by atoms with E-state index < -0.39 is 5.60 Å². The minimum atomic E-state index is -1.10. The van der Waals surface area contributed by atoms with E-state index in [0.717, 1.165) is 0 Å². The van der Waals surface area contributed by atoms with Crippen LogP contribution in [0, 0.1) is 0 Å². The zero-order chi connectivity index (χ0) is 21.0. The minimum Gasteiger partial charge on any atom is -0.478 e. The quantitative estimate of drug-likeness (QED) is 0.639. The fraction of sp³-hybridized carbons (Fsp3) is 0.300. The highest BCUT2D eigenvalue weighted by molar-refractivity contribution is 6.30. The van der Waals surface area contributed by atoms with E-state index in [2.05, 4.69) is 15.4 Å². The zero-order valence-corrected chi connectivity index (χ0v) is 17.2. The first-order chi connectivity index (χ1) is 13.8. The molecular formula is C20H22ClN5O3. The molecule has 3 aromatic rings. The molecule has 0 saturated heterocycles. The lowest BCUT2D eigenvalue weighted by Gasteiger charge is -2.25. The number of rotatable bonds is 7. The molecule has 0 spiro atoms. The molecule has 152 valence electrons. The summed E-state index contributed by atoms with van der Waals surface area (Å²) in [6, 6.07) is 12.2. The van der Waals surface area contributed by atoms with Crippen LogP contribution in [0.2, 0.25) is 5.02 Å². The summed E-state index contributed by atoms with van der Waals surface area (Å²) < 4.78 is 8.49. The Morgan fingerprint density at radius 1 is 1.21 bits per heavy atom. The van der Waals surface area contributed by atoms with Crippen LogP contribution in [0.25, 0.3) is 11.5 Å². The van der Waals surface area contributed by atoms with Crippen molar-refractivity contribution in [3.05, 3.63) is 64.2 Å². The average molecular weight is 416 g/mol. The minimum absolute atomic E-state index is 0.224. The summed E-state index contributed by atoms with van der Waals surface area (Å²) in [4.78, 5) is 29.1. The van der Waals surface area contributed by atoms with Crippen molar-refractivity contribution in [1.82, 2.24) is 24.6 Å². The number of nitrogens with zero attached hydrogens (tertiary/aromatic N) is 4. The van der Waals surface area contributed by atoms with Gasteiger partial charge in [0.1, 0.15) is 11.4 Å². The van der Waals surface area contributed by atoms with Gasteiger partial charge >= 0.3 is 5.69 Å². The number of nitrogens with one attached hydrogen (secondary N) is 1. The molecule has 8 nitrogen and oxygen atoms in total. The molecule has 0 aliphatic carbocycles. The standard InChI is InChI=1S/C20H22ClN5O3/c1-20(2,29-15-9-7-14(21)8-10-15)18(27)23-12-13-26-19(28)25(3)17(24-26)16-6-4-5-11-22-16/h4-11H,12-13H2,1-3H3,(H,23,27). The van der Waals surface area contributed by atoms with E-state index >= 15 is 0 Å². The third kappa shape index (κ3) is 4.83. The number of benzene rings is 1. The van der Waals surface area contributed by atoms with Crippen molar-refractivity contribution in [2.24, 2.45) is 7.05 Å². The number of hydrogen-bond donors (Lipinski definition) is 1. The second kappa shape index (κ2) is 8.48. The maximum absolute atomic E-state index is 12.5. The number of halogens is 1. The molecule has 1 amide bonds. The van der Waals surface area contributed by atoms with Crippen LogP contribution in [0.1, 0.15) is 13.8 Å². The molecule has 29 heavy (non-hydrogen) atoms. The lowest BCUT2D eigenvalue weighted by atomic mass is 10.1. The second-order valence-corrected chi connectivity index (χ2v) is 7.36. The molecule has 2 heterocycles. The number of aromatic nitrogens is 4. The normalized spacial score (nSPS) is 11.3. The van der Waals surface area contributed by atoms with Crippen LogP contribution in [0.15, 0.2) is 53.5 Å². The highest BCUT2D eigenvalue weighted by atomic mass is 35.5. The Morgan fingerprint density at radius 3 is 2.59 bits per heavy atom. The SMILES string of the molecule is Cn1c(-c2ccccn2)nn(CCNC(=O)C(C)(C)Oc2ccc(Cl)cc2)c1=O. The molecule has 0 saturated carbocycles. The van der Waals surface area contributed by atoms with Gasteiger partial charge in [-0.1, -0.05) is 17.7 Å². The summed E-state index contributed by atoms with van der Waals surface area (Å²) in [6.07, 6.45) is 1.64. The van der Waals surface area contributed by atoms with E-state index in [1.807, 2.05) is 6.07 Å². The maximum Gasteiger partial charge on any atom is 0.346 e. The van der Waals surface area contributed by atoms with Gasteiger partial charge < -0.3 is 10.1 Å². The van der Waals surface area contributed by atoms with Crippen LogP contribution in [0.5, 0.6) is 5.75 Å². The summed E-state index contributed by atoms with van der Waals surface area (Å²) in [5, 5.41) is 7.70. The van der Waals surface area contributed by atoms with E-state index in [-0.39, 0.29) is 24.7 Å². The van der Waals surface area contributed by atoms with Gasteiger partial charge in [0.05, 0.1) is 6.54 Å². The molecule has 3 rings (SSSR count). The van der Waals surface area contributed by atoms with Crippen molar-refractivity contribution in [1.29, 1.82) is 0 Å². The lowest BCUT2D eigenvalue weighted by molar-refractivity contribution is -0.134. The van der Waals surface area contributed by atoms with Crippen molar-refractivity contribution in [2.45, 2.75) is 26.0 Å².